The van der Waals surface area contributed by atoms with E-state index in [-0.39, 0.29) is 5.78 Å². The van der Waals surface area contributed by atoms with Gasteiger partial charge in [-0.3, -0.25) is 9.79 Å². The minimum atomic E-state index is 0.0964. The zero-order valence-corrected chi connectivity index (χ0v) is 18.2. The van der Waals surface area contributed by atoms with Gasteiger partial charge in [-0.15, -0.1) is 0 Å². The highest BCUT2D eigenvalue weighted by atomic mass is 16.1. The number of nitrogens with zero attached hydrogens (tertiary/aromatic N) is 1. The number of piperidine rings is 1. The number of carbonyl (C=O) groups excluding carboxylic acids is 1. The Balaban J connectivity index is 1.54. The molecule has 1 saturated heterocycles. The van der Waals surface area contributed by atoms with Gasteiger partial charge in [-0.2, -0.15) is 0 Å². The molecule has 2 aliphatic rings. The third-order valence-electron chi connectivity index (χ3n) is 6.62. The van der Waals surface area contributed by atoms with Crippen LogP contribution < -0.4 is 5.32 Å². The fourth-order valence-corrected chi connectivity index (χ4v) is 4.74. The van der Waals surface area contributed by atoms with Gasteiger partial charge in [0, 0.05) is 17.5 Å². The first-order valence-electron chi connectivity index (χ1n) is 11.2. The van der Waals surface area contributed by atoms with Gasteiger partial charge in [0.05, 0.1) is 11.4 Å². The molecular weight excluding hydrogens is 380 g/mol. The van der Waals surface area contributed by atoms with Crippen molar-refractivity contribution in [1.29, 1.82) is 0 Å². The van der Waals surface area contributed by atoms with E-state index in [4.69, 9.17) is 4.99 Å². The zero-order chi connectivity index (χ0) is 21.4. The van der Waals surface area contributed by atoms with E-state index >= 15 is 0 Å². The fraction of sp³-hybridized carbons (Fsp3) is 0.286. The Bertz CT molecular complexity index is 1150. The second-order valence-electron chi connectivity index (χ2n) is 8.84. The summed E-state index contributed by atoms with van der Waals surface area (Å²) >= 11 is 0. The first-order valence-corrected chi connectivity index (χ1v) is 11.2. The highest BCUT2D eigenvalue weighted by Gasteiger charge is 2.22. The summed E-state index contributed by atoms with van der Waals surface area (Å²) in [6.45, 7) is 5.93. The van der Waals surface area contributed by atoms with Crippen molar-refractivity contribution in [3.05, 3.63) is 88.5 Å². The van der Waals surface area contributed by atoms with E-state index in [9.17, 15) is 4.79 Å². The molecule has 0 amide bonds. The van der Waals surface area contributed by atoms with Gasteiger partial charge < -0.3 is 5.32 Å². The highest BCUT2D eigenvalue weighted by Crippen LogP contribution is 2.40. The third kappa shape index (κ3) is 3.98. The molecule has 2 heterocycles. The van der Waals surface area contributed by atoms with Gasteiger partial charge in [0.15, 0.2) is 5.78 Å². The Morgan fingerprint density at radius 1 is 0.935 bits per heavy atom. The largest absolute Gasteiger partial charge is 0.317 e. The van der Waals surface area contributed by atoms with Crippen LogP contribution in [0.5, 0.6) is 0 Å². The Kier molecular flexibility index (Phi) is 5.29. The summed E-state index contributed by atoms with van der Waals surface area (Å²) in [7, 11) is 0. The van der Waals surface area contributed by atoms with E-state index in [0.29, 0.717) is 5.92 Å². The smallest absolute Gasteiger partial charge is 0.159 e. The van der Waals surface area contributed by atoms with Crippen molar-refractivity contribution in [2.24, 2.45) is 4.99 Å². The summed E-state index contributed by atoms with van der Waals surface area (Å²) in [6.07, 6.45) is 3.15. The summed E-state index contributed by atoms with van der Waals surface area (Å²) < 4.78 is 0. The Labute approximate surface area is 184 Å². The van der Waals surface area contributed by atoms with Crippen molar-refractivity contribution in [3.63, 3.8) is 0 Å². The maximum absolute atomic E-state index is 12.2. The van der Waals surface area contributed by atoms with Crippen molar-refractivity contribution >= 4 is 17.2 Å². The van der Waals surface area contributed by atoms with E-state index in [2.05, 4.69) is 60.8 Å². The molecule has 31 heavy (non-hydrogen) atoms. The van der Waals surface area contributed by atoms with Crippen molar-refractivity contribution in [1.82, 2.24) is 5.32 Å². The molecule has 1 N–H and O–H groups in total. The summed E-state index contributed by atoms with van der Waals surface area (Å²) in [5.41, 5.74) is 9.98. The topological polar surface area (TPSA) is 41.5 Å². The number of hydrogen-bond acceptors (Lipinski definition) is 3. The van der Waals surface area contributed by atoms with E-state index in [1.165, 1.54) is 24.0 Å². The SMILES string of the molecule is CC(=O)c1cc2c(c(-c3ccc(C4CCNCC4)cc3)c1)N=C(c1ccc(C)cc1)C2. The van der Waals surface area contributed by atoms with Crippen LogP contribution in [0.4, 0.5) is 5.69 Å². The molecule has 0 bridgehead atoms. The first kappa shape index (κ1) is 19.9. The van der Waals surface area contributed by atoms with Gasteiger partial charge in [-0.25, -0.2) is 0 Å². The average molecular weight is 409 g/mol. The van der Waals surface area contributed by atoms with Crippen molar-refractivity contribution in [2.75, 3.05) is 13.1 Å². The zero-order valence-electron chi connectivity index (χ0n) is 18.2. The van der Waals surface area contributed by atoms with E-state index in [1.807, 2.05) is 12.1 Å². The lowest BCUT2D eigenvalue weighted by atomic mass is 9.88. The molecule has 0 aromatic heterocycles. The molecule has 156 valence electrons. The van der Waals surface area contributed by atoms with Crippen molar-refractivity contribution in [2.45, 2.75) is 39.0 Å². The maximum Gasteiger partial charge on any atom is 0.159 e. The van der Waals surface area contributed by atoms with Gasteiger partial charge in [0.2, 0.25) is 0 Å². The minimum absolute atomic E-state index is 0.0964. The predicted molar refractivity (Wildman–Crippen MR) is 128 cm³/mol. The highest BCUT2D eigenvalue weighted by molar-refractivity contribution is 6.09. The number of carbonyl (C=O) groups is 1. The first-order chi connectivity index (χ1) is 15.1. The van der Waals surface area contributed by atoms with Gasteiger partial charge >= 0.3 is 0 Å². The minimum Gasteiger partial charge on any atom is -0.317 e. The van der Waals surface area contributed by atoms with Crippen LogP contribution in [0.3, 0.4) is 0 Å². The molecule has 0 radical (unpaired) electrons. The number of benzene rings is 3. The second-order valence-corrected chi connectivity index (χ2v) is 8.84. The van der Waals surface area contributed by atoms with Crippen LogP contribution in [0.1, 0.15) is 58.3 Å². The second kappa shape index (κ2) is 8.24. The molecule has 0 unspecified atom stereocenters. The molecular formula is C28H28N2O. The van der Waals surface area contributed by atoms with Crippen LogP contribution in [0.25, 0.3) is 11.1 Å². The molecule has 0 atom stereocenters. The predicted octanol–water partition coefficient (Wildman–Crippen LogP) is 6.01. The van der Waals surface area contributed by atoms with Crippen LogP contribution in [-0.4, -0.2) is 24.6 Å². The lowest BCUT2D eigenvalue weighted by molar-refractivity contribution is 0.101. The van der Waals surface area contributed by atoms with Crippen LogP contribution in [0.2, 0.25) is 0 Å². The molecule has 5 rings (SSSR count). The molecule has 3 heteroatoms. The van der Waals surface area contributed by atoms with Crippen molar-refractivity contribution < 1.29 is 4.79 Å². The van der Waals surface area contributed by atoms with Crippen LogP contribution in [0.15, 0.2) is 65.7 Å². The van der Waals surface area contributed by atoms with E-state index < -0.39 is 0 Å². The number of rotatable bonds is 4. The molecule has 3 aromatic rings. The lowest BCUT2D eigenvalue weighted by Gasteiger charge is -2.23. The number of aryl methyl sites for hydroxylation is 1. The monoisotopic (exact) mass is 408 g/mol. The summed E-state index contributed by atoms with van der Waals surface area (Å²) in [5.74, 6) is 0.731. The summed E-state index contributed by atoms with van der Waals surface area (Å²) in [4.78, 5) is 17.3. The molecule has 0 spiro atoms. The van der Waals surface area contributed by atoms with Crippen molar-refractivity contribution in [3.8, 4) is 11.1 Å². The molecule has 0 saturated carbocycles. The van der Waals surface area contributed by atoms with Crippen LogP contribution >= 0.6 is 0 Å². The van der Waals surface area contributed by atoms with Crippen LogP contribution in [0, 0.1) is 6.92 Å². The summed E-state index contributed by atoms with van der Waals surface area (Å²) in [5, 5.41) is 3.44. The van der Waals surface area contributed by atoms with Gasteiger partial charge in [0.25, 0.3) is 0 Å². The molecule has 3 aromatic carbocycles. The molecule has 2 aliphatic heterocycles. The lowest BCUT2D eigenvalue weighted by Crippen LogP contribution is -2.26. The number of ketones is 1. The molecule has 1 fully saturated rings. The number of hydrogen-bond donors (Lipinski definition) is 1. The van der Waals surface area contributed by atoms with Gasteiger partial charge in [-0.05, 0) is 80.1 Å². The fourth-order valence-electron chi connectivity index (χ4n) is 4.74. The number of aliphatic imine (C=N–C) groups is 1. The van der Waals surface area contributed by atoms with Gasteiger partial charge in [-0.1, -0.05) is 54.1 Å². The number of nitrogens with one attached hydrogen (secondary N) is 1. The quantitative estimate of drug-likeness (QED) is 0.537. The number of Topliss-reactive ketones (excluding diaryl/α,β-unsaturated/α-hetero) is 1. The molecule has 3 nitrogen and oxygen atoms in total. The average Bonchev–Trinajstić information content (AvgIpc) is 3.24. The van der Waals surface area contributed by atoms with Crippen LogP contribution in [-0.2, 0) is 6.42 Å². The summed E-state index contributed by atoms with van der Waals surface area (Å²) in [6, 6.07) is 21.5. The third-order valence-corrected chi connectivity index (χ3v) is 6.62. The maximum atomic E-state index is 12.2. The Morgan fingerprint density at radius 2 is 1.61 bits per heavy atom. The van der Waals surface area contributed by atoms with Gasteiger partial charge in [0.1, 0.15) is 0 Å². The standard InChI is InChI=1S/C28H28N2O/c1-18-3-5-23(6-4-18)27-17-25-15-24(19(2)31)16-26(28(25)30-27)22-9-7-20(8-10-22)21-11-13-29-14-12-21/h3-10,15-16,21,29H,11-14,17H2,1-2H3. The van der Waals surface area contributed by atoms with E-state index in [0.717, 1.165) is 58.7 Å². The molecule has 0 aliphatic carbocycles. The Morgan fingerprint density at radius 3 is 2.29 bits per heavy atom. The normalized spacial score (nSPS) is 16.1. The Hall–Kier alpha value is -3.04. The van der Waals surface area contributed by atoms with E-state index in [1.54, 1.807) is 6.92 Å². The number of fused-ring (bicyclic) bond motifs is 1.